The lowest BCUT2D eigenvalue weighted by atomic mass is 10.2. The number of hydrogen-bond acceptors (Lipinski definition) is 5. The fourth-order valence-corrected chi connectivity index (χ4v) is 2.61. The van der Waals surface area contributed by atoms with Gasteiger partial charge in [0.1, 0.15) is 16.8 Å². The summed E-state index contributed by atoms with van der Waals surface area (Å²) in [5, 5.41) is 0.851. The average Bonchev–Trinajstić information content (AvgIpc) is 2.72. The van der Waals surface area contributed by atoms with E-state index in [2.05, 4.69) is 9.40 Å². The summed E-state index contributed by atoms with van der Waals surface area (Å²) >= 11 is 0. The third-order valence-corrected chi connectivity index (χ3v) is 3.35. The second-order valence-corrected chi connectivity index (χ2v) is 4.95. The zero-order chi connectivity index (χ0) is 15.9. The number of rotatable bonds is 3. The van der Waals surface area contributed by atoms with Gasteiger partial charge in [0.15, 0.2) is 0 Å². The maximum Gasteiger partial charge on any atom is 0.420 e. The van der Waals surface area contributed by atoms with E-state index >= 15 is 0 Å². The van der Waals surface area contributed by atoms with Crippen molar-refractivity contribution in [1.82, 2.24) is 9.55 Å². The lowest BCUT2D eigenvalue weighted by Crippen LogP contribution is -2.15. The predicted molar refractivity (Wildman–Crippen MR) is 80.2 cm³/mol. The fraction of sp³-hybridized carbons (Fsp3) is 0.267. The molecule has 114 valence electrons. The number of ether oxygens (including phenoxy) is 1. The Morgan fingerprint density at radius 1 is 1.36 bits per heavy atom. The number of nitrogens with one attached hydrogen (secondary N) is 1. The van der Waals surface area contributed by atoms with Crippen LogP contribution in [0, 0.1) is 0 Å². The highest BCUT2D eigenvalue weighted by atomic mass is 16.5. The quantitative estimate of drug-likeness (QED) is 0.588. The largest absolute Gasteiger partial charge is 0.427 e. The minimum atomic E-state index is -0.794. The Morgan fingerprint density at radius 2 is 2.14 bits per heavy atom. The Bertz CT molecular complexity index is 993. The molecule has 0 atom stereocenters. The van der Waals surface area contributed by atoms with Crippen molar-refractivity contribution in [3.63, 3.8) is 0 Å². The summed E-state index contributed by atoms with van der Waals surface area (Å²) in [4.78, 5) is 37.1. The third kappa shape index (κ3) is 2.20. The molecule has 0 spiro atoms. The highest BCUT2D eigenvalue weighted by molar-refractivity contribution is 6.06. The molecule has 1 aromatic carbocycles. The zero-order valence-electron chi connectivity index (χ0n) is 12.1. The molecule has 0 aliphatic rings. The number of aryl methyl sites for hydroxylation is 1. The molecule has 0 saturated carbocycles. The Hall–Kier alpha value is -2.83. The van der Waals surface area contributed by atoms with Crippen molar-refractivity contribution in [2.75, 3.05) is 0 Å². The molecule has 2 heterocycles. The maximum atomic E-state index is 12.1. The van der Waals surface area contributed by atoms with E-state index in [4.69, 9.17) is 4.74 Å². The first kappa shape index (κ1) is 14.1. The van der Waals surface area contributed by atoms with Crippen LogP contribution in [-0.4, -0.2) is 15.5 Å². The van der Waals surface area contributed by atoms with Crippen molar-refractivity contribution in [1.29, 1.82) is 0 Å². The maximum absolute atomic E-state index is 12.1. The van der Waals surface area contributed by atoms with Crippen molar-refractivity contribution >= 4 is 27.9 Å². The van der Waals surface area contributed by atoms with E-state index in [1.54, 1.807) is 18.2 Å². The first-order chi connectivity index (χ1) is 10.5. The number of fused-ring (bicyclic) bond motifs is 3. The molecule has 7 nitrogen and oxygen atoms in total. The van der Waals surface area contributed by atoms with E-state index in [0.717, 1.165) is 11.9 Å². The summed E-state index contributed by atoms with van der Waals surface area (Å²) in [5.74, 6) is -0.906. The van der Waals surface area contributed by atoms with Gasteiger partial charge in [0.25, 0.3) is 0 Å². The molecule has 3 aromatic rings. The molecule has 0 amide bonds. The van der Waals surface area contributed by atoms with Crippen LogP contribution in [0.4, 0.5) is 0 Å². The number of aromatic nitrogens is 2. The zero-order valence-corrected chi connectivity index (χ0v) is 12.1. The first-order valence-corrected chi connectivity index (χ1v) is 6.89. The van der Waals surface area contributed by atoms with Gasteiger partial charge in [-0.1, -0.05) is 6.92 Å². The van der Waals surface area contributed by atoms with Gasteiger partial charge in [0, 0.05) is 18.9 Å². The van der Waals surface area contributed by atoms with Gasteiger partial charge < -0.3 is 13.7 Å². The summed E-state index contributed by atoms with van der Waals surface area (Å²) in [6, 6.07) is 5.00. The van der Waals surface area contributed by atoms with Crippen molar-refractivity contribution in [2.24, 2.45) is 0 Å². The molecule has 2 aromatic heterocycles. The van der Waals surface area contributed by atoms with Crippen molar-refractivity contribution < 1.29 is 13.9 Å². The van der Waals surface area contributed by atoms with Gasteiger partial charge in [0.2, 0.25) is 0 Å². The minimum absolute atomic E-state index is 0.275. The van der Waals surface area contributed by atoms with E-state index < -0.39 is 17.4 Å². The van der Waals surface area contributed by atoms with Crippen molar-refractivity contribution in [2.45, 2.75) is 26.8 Å². The lowest BCUT2D eigenvalue weighted by molar-refractivity contribution is -0.131. The standard InChI is InChI=1S/C15H14N2O5/c1-3-6-17-11-5-4-9(21-8(2)18)7-10(11)12-13(17)16-15(20)22-14(12)19/h4-5,7H,3,6H2,1-2H3,(H,16,20). The third-order valence-electron chi connectivity index (χ3n) is 3.35. The number of benzene rings is 1. The molecule has 0 saturated heterocycles. The summed E-state index contributed by atoms with van der Waals surface area (Å²) in [5.41, 5.74) is 0.471. The molecule has 0 aliphatic carbocycles. The van der Waals surface area contributed by atoms with Gasteiger partial charge in [-0.2, -0.15) is 0 Å². The van der Waals surface area contributed by atoms with Crippen LogP contribution in [0.15, 0.2) is 32.2 Å². The summed E-state index contributed by atoms with van der Waals surface area (Å²) in [7, 11) is 0. The van der Waals surface area contributed by atoms with Gasteiger partial charge in [-0.15, -0.1) is 0 Å². The predicted octanol–water partition coefficient (Wildman–Crippen LogP) is 1.77. The molecule has 1 N–H and O–H groups in total. The number of nitrogens with zero attached hydrogens (tertiary/aromatic N) is 1. The number of aromatic amines is 1. The summed E-state index contributed by atoms with van der Waals surface area (Å²) < 4.78 is 11.5. The van der Waals surface area contributed by atoms with E-state index in [0.29, 0.717) is 23.3 Å². The molecule has 0 bridgehead atoms. The highest BCUT2D eigenvalue weighted by Crippen LogP contribution is 2.28. The molecular weight excluding hydrogens is 288 g/mol. The number of carbonyl (C=O) groups is 1. The van der Waals surface area contributed by atoms with Crippen molar-refractivity contribution in [3.8, 4) is 5.75 Å². The van der Waals surface area contributed by atoms with Crippen molar-refractivity contribution in [3.05, 3.63) is 39.2 Å². The summed E-state index contributed by atoms with van der Waals surface area (Å²) in [6.07, 6.45) is 0.826. The normalized spacial score (nSPS) is 11.2. The lowest BCUT2D eigenvalue weighted by Gasteiger charge is -2.05. The first-order valence-electron chi connectivity index (χ1n) is 6.89. The van der Waals surface area contributed by atoms with E-state index in [1.165, 1.54) is 6.92 Å². The van der Waals surface area contributed by atoms with Gasteiger partial charge in [-0.05, 0) is 24.6 Å². The minimum Gasteiger partial charge on any atom is -0.427 e. The smallest absolute Gasteiger partial charge is 0.420 e. The molecule has 0 unspecified atom stereocenters. The Labute approximate surface area is 124 Å². The molecule has 0 radical (unpaired) electrons. The Kier molecular flexibility index (Phi) is 3.32. The number of hydrogen-bond donors (Lipinski definition) is 1. The number of H-pyrrole nitrogens is 1. The average molecular weight is 302 g/mol. The second-order valence-electron chi connectivity index (χ2n) is 4.95. The van der Waals surface area contributed by atoms with Crippen LogP contribution in [0.25, 0.3) is 21.9 Å². The molecule has 3 rings (SSSR count). The molecule has 0 aliphatic heterocycles. The van der Waals surface area contributed by atoms with Crippen LogP contribution in [0.5, 0.6) is 5.75 Å². The molecule has 7 heteroatoms. The van der Waals surface area contributed by atoms with E-state index in [1.807, 2.05) is 11.5 Å². The van der Waals surface area contributed by atoms with E-state index in [-0.39, 0.29) is 5.39 Å². The van der Waals surface area contributed by atoms with Crippen LogP contribution >= 0.6 is 0 Å². The van der Waals surface area contributed by atoms with Crippen LogP contribution in [-0.2, 0) is 11.3 Å². The molecular formula is C15H14N2O5. The fourth-order valence-electron chi connectivity index (χ4n) is 2.61. The highest BCUT2D eigenvalue weighted by Gasteiger charge is 2.16. The topological polar surface area (TPSA) is 94.3 Å². The molecule has 0 fully saturated rings. The summed E-state index contributed by atoms with van der Waals surface area (Å²) in [6.45, 7) is 3.93. The number of carbonyl (C=O) groups excluding carboxylic acids is 1. The van der Waals surface area contributed by atoms with Crippen LogP contribution in [0.3, 0.4) is 0 Å². The Morgan fingerprint density at radius 3 is 2.82 bits per heavy atom. The monoisotopic (exact) mass is 302 g/mol. The second kappa shape index (κ2) is 5.18. The SMILES string of the molecule is CCCn1c2ccc(OC(C)=O)cc2c2c(=O)oc(=O)[nH]c21. The number of esters is 1. The van der Waals surface area contributed by atoms with Crippen LogP contribution < -0.4 is 16.1 Å². The van der Waals surface area contributed by atoms with Crippen LogP contribution in [0.2, 0.25) is 0 Å². The Balaban J connectivity index is 2.42. The van der Waals surface area contributed by atoms with Gasteiger partial charge in [0.05, 0.1) is 5.52 Å². The van der Waals surface area contributed by atoms with Gasteiger partial charge in [-0.3, -0.25) is 9.78 Å². The van der Waals surface area contributed by atoms with Crippen LogP contribution in [0.1, 0.15) is 20.3 Å². The van der Waals surface area contributed by atoms with Gasteiger partial charge >= 0.3 is 17.4 Å². The van der Waals surface area contributed by atoms with Gasteiger partial charge in [-0.25, -0.2) is 9.59 Å². The van der Waals surface area contributed by atoms with E-state index in [9.17, 15) is 14.4 Å². The molecule has 22 heavy (non-hydrogen) atoms.